The van der Waals surface area contributed by atoms with Crippen molar-refractivity contribution < 1.29 is 23.1 Å². The third-order valence-corrected chi connectivity index (χ3v) is 5.46. The number of ether oxygens (including phenoxy) is 1. The molecule has 2 amide bonds. The third-order valence-electron chi connectivity index (χ3n) is 5.46. The van der Waals surface area contributed by atoms with Crippen LogP contribution in [0.15, 0.2) is 46.0 Å². The summed E-state index contributed by atoms with van der Waals surface area (Å²) in [6.07, 6.45) is 0.949. The Morgan fingerprint density at radius 3 is 2.66 bits per heavy atom. The molecule has 3 rings (SSSR count). The van der Waals surface area contributed by atoms with Gasteiger partial charge in [0.05, 0.1) is 24.8 Å². The number of carbonyl (C=O) groups excluding carboxylic acids is 2. The molecule has 0 spiro atoms. The molecule has 1 atom stereocenters. The van der Waals surface area contributed by atoms with Crippen LogP contribution < -0.4 is 5.32 Å². The molecule has 1 aliphatic heterocycles. The fraction of sp³-hybridized carbons (Fsp3) is 0.458. The maximum absolute atomic E-state index is 14.7. The molecular weight excluding hydrogens is 413 g/mol. The first-order valence-electron chi connectivity index (χ1n) is 10.6. The van der Waals surface area contributed by atoms with Gasteiger partial charge in [-0.3, -0.25) is 15.0 Å². The van der Waals surface area contributed by atoms with Crippen LogP contribution in [0.25, 0.3) is 11.3 Å². The zero-order valence-corrected chi connectivity index (χ0v) is 19.4. The van der Waals surface area contributed by atoms with Crippen LogP contribution in [0.5, 0.6) is 0 Å². The van der Waals surface area contributed by atoms with Gasteiger partial charge in [-0.25, -0.2) is 14.2 Å². The van der Waals surface area contributed by atoms with E-state index in [0.29, 0.717) is 11.3 Å². The van der Waals surface area contributed by atoms with Gasteiger partial charge in [0.2, 0.25) is 11.9 Å². The van der Waals surface area contributed by atoms with E-state index in [1.54, 1.807) is 45.0 Å². The zero-order valence-electron chi connectivity index (χ0n) is 19.4. The molecule has 1 aromatic carbocycles. The van der Waals surface area contributed by atoms with E-state index < -0.39 is 23.1 Å². The number of benzene rings is 1. The van der Waals surface area contributed by atoms with E-state index in [1.807, 2.05) is 20.8 Å². The summed E-state index contributed by atoms with van der Waals surface area (Å²) in [5, 5.41) is 2.60. The first kappa shape index (κ1) is 23.5. The summed E-state index contributed by atoms with van der Waals surface area (Å²) < 4.78 is 25.4. The van der Waals surface area contributed by atoms with Crippen molar-refractivity contribution >= 4 is 18.0 Å². The van der Waals surface area contributed by atoms with E-state index >= 15 is 0 Å². The Morgan fingerprint density at radius 1 is 1.34 bits per heavy atom. The van der Waals surface area contributed by atoms with E-state index in [9.17, 15) is 14.0 Å². The molecule has 0 bridgehead atoms. The van der Waals surface area contributed by atoms with Gasteiger partial charge in [0.15, 0.2) is 0 Å². The first-order valence-corrected chi connectivity index (χ1v) is 10.6. The maximum atomic E-state index is 14.7. The van der Waals surface area contributed by atoms with Crippen molar-refractivity contribution in [1.82, 2.24) is 10.2 Å². The lowest BCUT2D eigenvalue weighted by atomic mass is 9.84. The van der Waals surface area contributed by atoms with Crippen LogP contribution in [-0.4, -0.2) is 34.0 Å². The minimum Gasteiger partial charge on any atom is -0.464 e. The second kappa shape index (κ2) is 8.76. The van der Waals surface area contributed by atoms with Crippen LogP contribution in [0, 0.1) is 11.7 Å². The number of hydrogen-bond acceptors (Lipinski definition) is 5. The summed E-state index contributed by atoms with van der Waals surface area (Å²) in [4.78, 5) is 31.6. The highest BCUT2D eigenvalue weighted by Gasteiger charge is 2.40. The number of rotatable bonds is 4. The number of alkyl carbamates (subject to hydrolysis) is 1. The summed E-state index contributed by atoms with van der Waals surface area (Å²) in [5.74, 6) is -0.0473. The van der Waals surface area contributed by atoms with Gasteiger partial charge in [-0.1, -0.05) is 13.8 Å². The van der Waals surface area contributed by atoms with Crippen molar-refractivity contribution in [1.29, 1.82) is 0 Å². The number of furan rings is 1. The summed E-state index contributed by atoms with van der Waals surface area (Å²) >= 11 is 0. The number of carbonyl (C=O) groups is 2. The van der Waals surface area contributed by atoms with Crippen molar-refractivity contribution in [3.63, 3.8) is 0 Å². The van der Waals surface area contributed by atoms with E-state index in [0.717, 1.165) is 0 Å². The Labute approximate surface area is 187 Å². The quantitative estimate of drug-likeness (QED) is 0.711. The fourth-order valence-electron chi connectivity index (χ4n) is 3.31. The van der Waals surface area contributed by atoms with Gasteiger partial charge in [-0.15, -0.1) is 0 Å². The van der Waals surface area contributed by atoms with Crippen LogP contribution in [0.4, 0.5) is 9.18 Å². The number of amides is 2. The first-order chi connectivity index (χ1) is 14.9. The molecule has 0 saturated heterocycles. The molecule has 7 nitrogen and oxygen atoms in total. The van der Waals surface area contributed by atoms with Gasteiger partial charge in [-0.05, 0) is 63.9 Å². The second-order valence-corrected chi connectivity index (χ2v) is 9.51. The zero-order chi connectivity index (χ0) is 23.7. The molecule has 0 aliphatic carbocycles. The lowest BCUT2D eigenvalue weighted by molar-refractivity contribution is -0.130. The molecule has 32 heavy (non-hydrogen) atoms. The number of nitrogens with one attached hydrogen (secondary N) is 1. The largest absolute Gasteiger partial charge is 0.464 e. The van der Waals surface area contributed by atoms with Gasteiger partial charge in [0.1, 0.15) is 17.2 Å². The maximum Gasteiger partial charge on any atom is 0.414 e. The van der Waals surface area contributed by atoms with Crippen LogP contribution in [0.3, 0.4) is 0 Å². The molecule has 0 saturated carbocycles. The molecule has 1 unspecified atom stereocenters. The smallest absolute Gasteiger partial charge is 0.414 e. The normalized spacial score (nSPS) is 19.2. The predicted molar refractivity (Wildman–Crippen MR) is 119 cm³/mol. The Hall–Kier alpha value is -3.16. The average molecular weight is 444 g/mol. The monoisotopic (exact) mass is 443 g/mol. The Kier molecular flexibility index (Phi) is 6.44. The Morgan fingerprint density at radius 2 is 2.06 bits per heavy atom. The van der Waals surface area contributed by atoms with Crippen molar-refractivity contribution in [3.05, 3.63) is 48.0 Å². The summed E-state index contributed by atoms with van der Waals surface area (Å²) in [6, 6.07) is 8.09. The van der Waals surface area contributed by atoms with E-state index in [1.165, 1.54) is 17.2 Å². The Bertz CT molecular complexity index is 1020. The molecule has 8 heteroatoms. The number of nitrogens with zero attached hydrogens (tertiary/aromatic N) is 2. The molecule has 0 radical (unpaired) electrons. The lowest BCUT2D eigenvalue weighted by Gasteiger charge is -2.38. The highest BCUT2D eigenvalue weighted by Crippen LogP contribution is 2.31. The molecule has 2 aromatic rings. The molecular formula is C24H30FN3O4. The van der Waals surface area contributed by atoms with E-state index in [-0.39, 0.29) is 36.3 Å². The number of guanidine groups is 1. The fourth-order valence-corrected chi connectivity index (χ4v) is 3.31. The molecule has 1 N–H and O–H groups in total. The summed E-state index contributed by atoms with van der Waals surface area (Å²) in [6.45, 7) is 10.9. The van der Waals surface area contributed by atoms with Crippen LogP contribution in [-0.2, 0) is 16.1 Å². The molecule has 1 aromatic heterocycles. The SMILES string of the molecule is CC(C)C1(C)CC(=O)N(Cc2cc(-c3ccco3)ccc2F)C(NC(=O)OC(C)(C)C)=N1. The van der Waals surface area contributed by atoms with Gasteiger partial charge in [0, 0.05) is 11.1 Å². The molecule has 172 valence electrons. The van der Waals surface area contributed by atoms with Crippen molar-refractivity contribution in [2.75, 3.05) is 0 Å². The minimum atomic E-state index is -0.730. The number of hydrogen-bond donors (Lipinski definition) is 1. The van der Waals surface area contributed by atoms with Crippen LogP contribution in [0.1, 0.15) is 53.5 Å². The lowest BCUT2D eigenvalue weighted by Crippen LogP contribution is -2.55. The predicted octanol–water partition coefficient (Wildman–Crippen LogP) is 5.11. The Balaban J connectivity index is 1.95. The number of aliphatic imine (C=N–C) groups is 1. The molecule has 0 fully saturated rings. The highest BCUT2D eigenvalue weighted by atomic mass is 19.1. The van der Waals surface area contributed by atoms with E-state index in [2.05, 4.69) is 10.3 Å². The minimum absolute atomic E-state index is 0.0445. The van der Waals surface area contributed by atoms with Crippen molar-refractivity contribution in [2.45, 2.75) is 65.6 Å². The third kappa shape index (κ3) is 5.36. The summed E-state index contributed by atoms with van der Waals surface area (Å²) in [5.41, 5.74) is -0.466. The average Bonchev–Trinajstić information content (AvgIpc) is 3.19. The standard InChI is InChI=1S/C24H30FN3O4/c1-15(2)24(6)13-20(29)28(21(27-24)26-22(30)32-23(3,4)5)14-17-12-16(9-10-18(17)25)19-8-7-11-31-19/h7-12,15H,13-14H2,1-6H3,(H,26,27,30). The van der Waals surface area contributed by atoms with Gasteiger partial charge in [0.25, 0.3) is 0 Å². The van der Waals surface area contributed by atoms with Gasteiger partial charge >= 0.3 is 6.09 Å². The molecule has 2 heterocycles. The number of halogens is 1. The summed E-state index contributed by atoms with van der Waals surface area (Å²) in [7, 11) is 0. The van der Waals surface area contributed by atoms with E-state index in [4.69, 9.17) is 9.15 Å². The van der Waals surface area contributed by atoms with Crippen LogP contribution >= 0.6 is 0 Å². The molecule has 1 aliphatic rings. The van der Waals surface area contributed by atoms with Gasteiger partial charge in [-0.2, -0.15) is 0 Å². The topological polar surface area (TPSA) is 84.1 Å². The van der Waals surface area contributed by atoms with Crippen molar-refractivity contribution in [2.24, 2.45) is 10.9 Å². The second-order valence-electron chi connectivity index (χ2n) is 9.51. The van der Waals surface area contributed by atoms with Gasteiger partial charge < -0.3 is 9.15 Å². The van der Waals surface area contributed by atoms with Crippen LogP contribution in [0.2, 0.25) is 0 Å². The van der Waals surface area contributed by atoms with Crippen molar-refractivity contribution in [3.8, 4) is 11.3 Å². The highest BCUT2D eigenvalue weighted by molar-refractivity contribution is 6.05.